The first-order valence-corrected chi connectivity index (χ1v) is 12.6. The molecular formula is C28H33FO12. The summed E-state index contributed by atoms with van der Waals surface area (Å²) in [6.07, 6.45) is -8.71. The maximum absolute atomic E-state index is 14.7. The van der Waals surface area contributed by atoms with Gasteiger partial charge in [0.25, 0.3) is 0 Å². The summed E-state index contributed by atoms with van der Waals surface area (Å²) in [4.78, 5) is 23.4. The van der Waals surface area contributed by atoms with Crippen LogP contribution in [0.3, 0.4) is 0 Å². The van der Waals surface area contributed by atoms with E-state index in [0.29, 0.717) is 16.9 Å². The lowest BCUT2D eigenvalue weighted by Gasteiger charge is -2.41. The number of hydrogen-bond donors (Lipinski definition) is 4. The summed E-state index contributed by atoms with van der Waals surface area (Å²) in [6, 6.07) is 8.96. The number of carbonyl (C=O) groups is 2. The van der Waals surface area contributed by atoms with E-state index in [0.717, 1.165) is 0 Å². The Bertz CT molecular complexity index is 1200. The Balaban J connectivity index is 1.81. The van der Waals surface area contributed by atoms with Crippen LogP contribution in [0.25, 0.3) is 0 Å². The summed E-state index contributed by atoms with van der Waals surface area (Å²) in [5, 5.41) is 41.0. The number of halogens is 1. The van der Waals surface area contributed by atoms with Crippen molar-refractivity contribution in [1.82, 2.24) is 0 Å². The molecule has 4 N–H and O–H groups in total. The Kier molecular flexibility index (Phi) is 11.4. The minimum absolute atomic E-state index is 0.0275. The third-order valence-electron chi connectivity index (χ3n) is 6.12. The normalized spacial score (nSPS) is 22.8. The van der Waals surface area contributed by atoms with Gasteiger partial charge in [-0.2, -0.15) is 0 Å². The fraction of sp³-hybridized carbons (Fsp3) is 0.429. The predicted octanol–water partition coefficient (Wildman–Crippen LogP) is 1.37. The van der Waals surface area contributed by atoms with E-state index in [4.69, 9.17) is 18.9 Å². The van der Waals surface area contributed by atoms with Crippen molar-refractivity contribution in [2.75, 3.05) is 20.3 Å². The second kappa shape index (κ2) is 14.8. The zero-order valence-corrected chi connectivity index (χ0v) is 22.5. The largest absolute Gasteiger partial charge is 0.509 e. The van der Waals surface area contributed by atoms with Crippen molar-refractivity contribution in [3.05, 3.63) is 71.6 Å². The summed E-state index contributed by atoms with van der Waals surface area (Å²) in [6.45, 7) is 3.66. The summed E-state index contributed by atoms with van der Waals surface area (Å²) in [7, 11) is 1.41. The summed E-state index contributed by atoms with van der Waals surface area (Å²) < 4.78 is 45.5. The Morgan fingerprint density at radius 2 is 1.78 bits per heavy atom. The first-order valence-electron chi connectivity index (χ1n) is 12.6. The maximum Gasteiger partial charge on any atom is 0.509 e. The molecule has 1 aliphatic heterocycles. The quantitative estimate of drug-likeness (QED) is 0.210. The van der Waals surface area contributed by atoms with Crippen LogP contribution in [0.2, 0.25) is 0 Å². The molecule has 0 unspecified atom stereocenters. The van der Waals surface area contributed by atoms with Gasteiger partial charge in [-0.3, -0.25) is 0 Å². The molecule has 2 aromatic rings. The molecule has 0 bridgehead atoms. The number of carbonyl (C=O) groups excluding carboxylic acids is 2. The molecule has 0 amide bonds. The molecule has 1 heterocycles. The average Bonchev–Trinajstić information content (AvgIpc) is 2.95. The summed E-state index contributed by atoms with van der Waals surface area (Å²) in [5.41, 5.74) is 1.12. The summed E-state index contributed by atoms with van der Waals surface area (Å²) in [5.74, 6) is -1.000. The molecule has 0 spiro atoms. The van der Waals surface area contributed by atoms with Gasteiger partial charge in [0.1, 0.15) is 54.9 Å². The van der Waals surface area contributed by atoms with Crippen molar-refractivity contribution in [2.24, 2.45) is 0 Å². The van der Waals surface area contributed by atoms with Gasteiger partial charge in [0, 0.05) is 12.5 Å². The van der Waals surface area contributed by atoms with Gasteiger partial charge < -0.3 is 48.8 Å². The van der Waals surface area contributed by atoms with Crippen LogP contribution in [0, 0.1) is 5.82 Å². The number of hydrogen-bond acceptors (Lipinski definition) is 12. The van der Waals surface area contributed by atoms with Crippen LogP contribution in [-0.2, 0) is 36.8 Å². The smallest absolute Gasteiger partial charge is 0.497 e. The number of methoxy groups -OCH3 is 1. The molecule has 0 radical (unpaired) electrons. The second-order valence-corrected chi connectivity index (χ2v) is 9.17. The van der Waals surface area contributed by atoms with Crippen molar-refractivity contribution < 1.29 is 62.8 Å². The topological polar surface area (TPSA) is 170 Å². The Morgan fingerprint density at radius 3 is 2.44 bits per heavy atom. The number of benzene rings is 2. The minimum Gasteiger partial charge on any atom is -0.497 e. The van der Waals surface area contributed by atoms with Crippen LogP contribution in [0.1, 0.15) is 23.6 Å². The zero-order valence-electron chi connectivity index (χ0n) is 22.5. The van der Waals surface area contributed by atoms with Gasteiger partial charge >= 0.3 is 12.1 Å². The monoisotopic (exact) mass is 580 g/mol. The Labute approximate surface area is 235 Å². The van der Waals surface area contributed by atoms with Crippen molar-refractivity contribution in [1.29, 1.82) is 0 Å². The van der Waals surface area contributed by atoms with E-state index in [-0.39, 0.29) is 30.9 Å². The standard InChI is InChI=1S/C28H33FO12/c1-4-9-37-28(35)39-14-22(31)38-13-16-5-6-18(11-17-7-8-19(36-3)12-20(17)29)21(10-16)40-27-25(34)23(32)24(33)26(41-27)15(2)30/h4-8,10,12,15,23-27,30,32-34H,1,9,11,13-14H2,2-3H3/t15-,23+,24+,25-,26-,27-/m1/s1. The van der Waals surface area contributed by atoms with E-state index in [2.05, 4.69) is 16.1 Å². The molecule has 1 aliphatic rings. The molecule has 0 aliphatic carbocycles. The highest BCUT2D eigenvalue weighted by Crippen LogP contribution is 2.31. The van der Waals surface area contributed by atoms with E-state index < -0.39 is 61.4 Å². The van der Waals surface area contributed by atoms with Gasteiger partial charge in [0.05, 0.1) is 13.2 Å². The van der Waals surface area contributed by atoms with E-state index in [9.17, 15) is 34.4 Å². The van der Waals surface area contributed by atoms with Gasteiger partial charge in [-0.25, -0.2) is 14.0 Å². The van der Waals surface area contributed by atoms with Crippen molar-refractivity contribution in [3.63, 3.8) is 0 Å². The van der Waals surface area contributed by atoms with Crippen LogP contribution in [-0.4, -0.2) is 89.7 Å². The Hall–Kier alpha value is -3.75. The first-order chi connectivity index (χ1) is 19.5. The van der Waals surface area contributed by atoms with Crippen molar-refractivity contribution in [3.8, 4) is 11.5 Å². The fourth-order valence-corrected chi connectivity index (χ4v) is 3.93. The van der Waals surface area contributed by atoms with Gasteiger partial charge in [-0.1, -0.05) is 30.9 Å². The highest BCUT2D eigenvalue weighted by Gasteiger charge is 2.46. The SMILES string of the molecule is C=CCOC(=O)OCC(=O)OCc1ccc(Cc2ccc(OC)cc2F)c(O[C@@H]2O[C@H]([C@@H](C)O)[C@@H](O)[C@H](O)[C@H]2O)c1. The number of rotatable bonds is 12. The average molecular weight is 581 g/mol. The van der Waals surface area contributed by atoms with Crippen LogP contribution in [0.15, 0.2) is 49.1 Å². The molecule has 3 rings (SSSR count). The van der Waals surface area contributed by atoms with E-state index in [1.807, 2.05) is 0 Å². The molecule has 13 heteroatoms. The number of esters is 1. The zero-order chi connectivity index (χ0) is 30.1. The van der Waals surface area contributed by atoms with Gasteiger partial charge in [-0.05, 0) is 35.7 Å². The third-order valence-corrected chi connectivity index (χ3v) is 6.12. The lowest BCUT2D eigenvalue weighted by molar-refractivity contribution is -0.286. The van der Waals surface area contributed by atoms with E-state index >= 15 is 0 Å². The molecule has 0 aromatic heterocycles. The molecular weight excluding hydrogens is 547 g/mol. The van der Waals surface area contributed by atoms with E-state index in [1.165, 1.54) is 38.3 Å². The van der Waals surface area contributed by atoms with Gasteiger partial charge in [-0.15, -0.1) is 0 Å². The maximum atomic E-state index is 14.7. The van der Waals surface area contributed by atoms with Crippen LogP contribution in [0.5, 0.6) is 11.5 Å². The van der Waals surface area contributed by atoms with Gasteiger partial charge in [0.2, 0.25) is 6.29 Å². The molecule has 41 heavy (non-hydrogen) atoms. The first kappa shape index (κ1) is 31.8. The van der Waals surface area contributed by atoms with Crippen molar-refractivity contribution in [2.45, 2.75) is 56.8 Å². The lowest BCUT2D eigenvalue weighted by atomic mass is 9.96. The van der Waals surface area contributed by atoms with Crippen LogP contribution in [0.4, 0.5) is 9.18 Å². The van der Waals surface area contributed by atoms with Crippen molar-refractivity contribution >= 4 is 12.1 Å². The second-order valence-electron chi connectivity index (χ2n) is 9.17. The minimum atomic E-state index is -1.70. The van der Waals surface area contributed by atoms with E-state index in [1.54, 1.807) is 18.2 Å². The lowest BCUT2D eigenvalue weighted by Crippen LogP contribution is -2.61. The van der Waals surface area contributed by atoms with Crippen LogP contribution < -0.4 is 9.47 Å². The predicted molar refractivity (Wildman–Crippen MR) is 138 cm³/mol. The molecule has 12 nitrogen and oxygen atoms in total. The Morgan fingerprint density at radius 1 is 1.05 bits per heavy atom. The molecule has 224 valence electrons. The third kappa shape index (κ3) is 8.62. The fourth-order valence-electron chi connectivity index (χ4n) is 3.93. The molecule has 1 fully saturated rings. The van der Waals surface area contributed by atoms with Crippen LogP contribution >= 0.6 is 0 Å². The molecule has 2 aromatic carbocycles. The summed E-state index contributed by atoms with van der Waals surface area (Å²) >= 11 is 0. The highest BCUT2D eigenvalue weighted by molar-refractivity contribution is 5.73. The molecule has 1 saturated heterocycles. The van der Waals surface area contributed by atoms with Gasteiger partial charge in [0.15, 0.2) is 6.61 Å². The molecule has 0 saturated carbocycles. The molecule has 6 atom stereocenters. The highest BCUT2D eigenvalue weighted by atomic mass is 19.1. The number of ether oxygens (including phenoxy) is 6. The number of aliphatic hydroxyl groups excluding tert-OH is 4. The number of aliphatic hydroxyl groups is 4.